The molecule has 0 aromatic heterocycles. The van der Waals surface area contributed by atoms with E-state index in [4.69, 9.17) is 9.47 Å². The molecule has 0 aromatic rings. The van der Waals surface area contributed by atoms with Gasteiger partial charge in [-0.3, -0.25) is 9.59 Å². The Morgan fingerprint density at radius 2 is 1.81 bits per heavy atom. The second-order valence-corrected chi connectivity index (χ2v) is 4.15. The first kappa shape index (κ1) is 12.7. The fraction of sp³-hybridized carbons (Fsp3) is 0.667. The van der Waals surface area contributed by atoms with Crippen molar-refractivity contribution in [1.82, 2.24) is 0 Å². The smallest absolute Gasteiger partial charge is 0.323 e. The van der Waals surface area contributed by atoms with E-state index in [2.05, 4.69) is 0 Å². The third kappa shape index (κ3) is 2.10. The van der Waals surface area contributed by atoms with Gasteiger partial charge in [0.1, 0.15) is 0 Å². The molecule has 0 unspecified atom stereocenters. The molecule has 1 aliphatic rings. The SMILES string of the molecule is COC(=O)C(C)(C(=O)OC)[C@H]1C=CCCC1. The van der Waals surface area contributed by atoms with Crippen LogP contribution < -0.4 is 0 Å². The molecule has 0 amide bonds. The first-order chi connectivity index (χ1) is 7.57. The van der Waals surface area contributed by atoms with E-state index in [1.165, 1.54) is 14.2 Å². The first-order valence-corrected chi connectivity index (χ1v) is 5.40. The van der Waals surface area contributed by atoms with Gasteiger partial charge in [0.05, 0.1) is 14.2 Å². The van der Waals surface area contributed by atoms with Crippen molar-refractivity contribution in [2.24, 2.45) is 11.3 Å². The molecule has 0 saturated carbocycles. The molecule has 0 N–H and O–H groups in total. The average Bonchev–Trinajstić information content (AvgIpc) is 2.36. The molecule has 1 aliphatic carbocycles. The van der Waals surface area contributed by atoms with E-state index in [9.17, 15) is 9.59 Å². The summed E-state index contributed by atoms with van der Waals surface area (Å²) in [5.41, 5.74) is -1.22. The summed E-state index contributed by atoms with van der Waals surface area (Å²) >= 11 is 0. The van der Waals surface area contributed by atoms with E-state index in [0.29, 0.717) is 0 Å². The van der Waals surface area contributed by atoms with E-state index < -0.39 is 17.4 Å². The number of hydrogen-bond acceptors (Lipinski definition) is 4. The molecule has 0 aliphatic heterocycles. The highest BCUT2D eigenvalue weighted by atomic mass is 16.5. The molecule has 0 bridgehead atoms. The highest BCUT2D eigenvalue weighted by Crippen LogP contribution is 2.37. The topological polar surface area (TPSA) is 52.6 Å². The van der Waals surface area contributed by atoms with Gasteiger partial charge in [0, 0.05) is 5.92 Å². The van der Waals surface area contributed by atoms with Gasteiger partial charge >= 0.3 is 11.9 Å². The van der Waals surface area contributed by atoms with E-state index in [1.807, 2.05) is 12.2 Å². The van der Waals surface area contributed by atoms with Crippen molar-refractivity contribution in [2.45, 2.75) is 26.2 Å². The molecule has 0 saturated heterocycles. The summed E-state index contributed by atoms with van der Waals surface area (Å²) in [6.07, 6.45) is 6.69. The summed E-state index contributed by atoms with van der Waals surface area (Å²) in [4.78, 5) is 23.6. The molecule has 16 heavy (non-hydrogen) atoms. The van der Waals surface area contributed by atoms with Gasteiger partial charge in [-0.25, -0.2) is 0 Å². The Morgan fingerprint density at radius 1 is 1.25 bits per heavy atom. The predicted molar refractivity (Wildman–Crippen MR) is 58.6 cm³/mol. The van der Waals surface area contributed by atoms with E-state index in [1.54, 1.807) is 6.92 Å². The summed E-state index contributed by atoms with van der Waals surface area (Å²) in [7, 11) is 2.58. The fourth-order valence-electron chi connectivity index (χ4n) is 2.10. The van der Waals surface area contributed by atoms with Crippen molar-refractivity contribution < 1.29 is 19.1 Å². The highest BCUT2D eigenvalue weighted by molar-refractivity contribution is 6.00. The van der Waals surface area contributed by atoms with Crippen molar-refractivity contribution in [2.75, 3.05) is 14.2 Å². The number of allylic oxidation sites excluding steroid dienone is 2. The van der Waals surface area contributed by atoms with Gasteiger partial charge in [-0.05, 0) is 26.2 Å². The van der Waals surface area contributed by atoms with E-state index in [0.717, 1.165) is 19.3 Å². The van der Waals surface area contributed by atoms with Crippen LogP contribution in [0.15, 0.2) is 12.2 Å². The standard InChI is InChI=1S/C12H18O4/c1-12(10(13)15-2,11(14)16-3)9-7-5-4-6-8-9/h5,7,9H,4,6,8H2,1-3H3/t9-/m0/s1. The largest absolute Gasteiger partial charge is 0.468 e. The Kier molecular flexibility index (Phi) is 4.10. The summed E-state index contributed by atoms with van der Waals surface area (Å²) in [5, 5.41) is 0. The molecule has 0 radical (unpaired) electrons. The van der Waals surface area contributed by atoms with Crippen LogP contribution in [-0.2, 0) is 19.1 Å². The lowest BCUT2D eigenvalue weighted by Crippen LogP contribution is -2.44. The van der Waals surface area contributed by atoms with Crippen LogP contribution >= 0.6 is 0 Å². The fourth-order valence-corrected chi connectivity index (χ4v) is 2.10. The number of carbonyl (C=O) groups is 2. The maximum atomic E-state index is 11.8. The number of esters is 2. The molecule has 0 spiro atoms. The molecule has 90 valence electrons. The third-order valence-electron chi connectivity index (χ3n) is 3.21. The quantitative estimate of drug-likeness (QED) is 0.417. The summed E-state index contributed by atoms with van der Waals surface area (Å²) < 4.78 is 9.44. The maximum absolute atomic E-state index is 11.8. The lowest BCUT2D eigenvalue weighted by Gasteiger charge is -2.32. The lowest BCUT2D eigenvalue weighted by atomic mass is 9.72. The number of ether oxygens (including phenoxy) is 2. The van der Waals surface area contributed by atoms with Crippen LogP contribution in [0.5, 0.6) is 0 Å². The normalized spacial score (nSPS) is 20.3. The molecule has 1 rings (SSSR count). The average molecular weight is 226 g/mol. The van der Waals surface area contributed by atoms with Crippen molar-refractivity contribution >= 4 is 11.9 Å². The molecule has 1 atom stereocenters. The number of hydrogen-bond donors (Lipinski definition) is 0. The van der Waals surface area contributed by atoms with Crippen molar-refractivity contribution in [3.8, 4) is 0 Å². The lowest BCUT2D eigenvalue weighted by molar-refractivity contribution is -0.171. The first-order valence-electron chi connectivity index (χ1n) is 5.40. The summed E-state index contributed by atoms with van der Waals surface area (Å²) in [6, 6.07) is 0. The zero-order valence-electron chi connectivity index (χ0n) is 9.99. The summed E-state index contributed by atoms with van der Waals surface area (Å²) in [6.45, 7) is 1.59. The Hall–Kier alpha value is -1.32. The number of carbonyl (C=O) groups excluding carboxylic acids is 2. The molecular formula is C12H18O4. The number of methoxy groups -OCH3 is 2. The predicted octanol–water partition coefficient (Wildman–Crippen LogP) is 1.70. The van der Waals surface area contributed by atoms with E-state index in [-0.39, 0.29) is 5.92 Å². The van der Waals surface area contributed by atoms with Gasteiger partial charge in [0.2, 0.25) is 0 Å². The van der Waals surface area contributed by atoms with Crippen LogP contribution in [0.25, 0.3) is 0 Å². The second kappa shape index (κ2) is 5.14. The Morgan fingerprint density at radius 3 is 2.19 bits per heavy atom. The van der Waals surface area contributed by atoms with Gasteiger partial charge < -0.3 is 9.47 Å². The highest BCUT2D eigenvalue weighted by Gasteiger charge is 2.49. The summed E-state index contributed by atoms with van der Waals surface area (Å²) in [5.74, 6) is -1.20. The molecular weight excluding hydrogens is 208 g/mol. The Bertz CT molecular complexity index is 290. The minimum Gasteiger partial charge on any atom is -0.468 e. The minimum atomic E-state index is -1.22. The Labute approximate surface area is 95.6 Å². The van der Waals surface area contributed by atoms with Crippen molar-refractivity contribution in [1.29, 1.82) is 0 Å². The van der Waals surface area contributed by atoms with Gasteiger partial charge in [0.25, 0.3) is 0 Å². The second-order valence-electron chi connectivity index (χ2n) is 4.15. The van der Waals surface area contributed by atoms with Crippen LogP contribution in [-0.4, -0.2) is 26.2 Å². The van der Waals surface area contributed by atoms with E-state index >= 15 is 0 Å². The number of rotatable bonds is 3. The van der Waals surface area contributed by atoms with Crippen LogP contribution in [0.3, 0.4) is 0 Å². The van der Waals surface area contributed by atoms with Crippen LogP contribution in [0.1, 0.15) is 26.2 Å². The van der Waals surface area contributed by atoms with Gasteiger partial charge in [-0.2, -0.15) is 0 Å². The molecule has 0 aromatic carbocycles. The Balaban J connectivity index is 3.02. The zero-order chi connectivity index (χ0) is 12.2. The molecule has 4 nitrogen and oxygen atoms in total. The van der Waals surface area contributed by atoms with Crippen LogP contribution in [0.2, 0.25) is 0 Å². The molecule has 0 fully saturated rings. The monoisotopic (exact) mass is 226 g/mol. The van der Waals surface area contributed by atoms with Crippen LogP contribution in [0, 0.1) is 11.3 Å². The third-order valence-corrected chi connectivity index (χ3v) is 3.21. The van der Waals surface area contributed by atoms with Gasteiger partial charge in [-0.1, -0.05) is 12.2 Å². The zero-order valence-corrected chi connectivity index (χ0v) is 9.99. The van der Waals surface area contributed by atoms with Crippen LogP contribution in [0.4, 0.5) is 0 Å². The molecule has 0 heterocycles. The minimum absolute atomic E-state index is 0.138. The van der Waals surface area contributed by atoms with Gasteiger partial charge in [0.15, 0.2) is 5.41 Å². The van der Waals surface area contributed by atoms with Crippen molar-refractivity contribution in [3.05, 3.63) is 12.2 Å². The molecule has 4 heteroatoms. The van der Waals surface area contributed by atoms with Crippen molar-refractivity contribution in [3.63, 3.8) is 0 Å². The van der Waals surface area contributed by atoms with Gasteiger partial charge in [-0.15, -0.1) is 0 Å². The maximum Gasteiger partial charge on any atom is 0.323 e.